The molecule has 26 heavy (non-hydrogen) atoms. The summed E-state index contributed by atoms with van der Waals surface area (Å²) in [7, 11) is 0. The molecule has 152 valence electrons. The van der Waals surface area contributed by atoms with Crippen molar-refractivity contribution in [3.8, 4) is 0 Å². The van der Waals surface area contributed by atoms with E-state index in [1.54, 1.807) is 0 Å². The van der Waals surface area contributed by atoms with Crippen LogP contribution in [0.2, 0.25) is 0 Å². The predicted octanol–water partition coefficient (Wildman–Crippen LogP) is 5.12. The fourth-order valence-corrected chi connectivity index (χ4v) is 1.56. The molecule has 0 rings (SSSR count). The van der Waals surface area contributed by atoms with Gasteiger partial charge in [-0.3, -0.25) is 0 Å². The van der Waals surface area contributed by atoms with Gasteiger partial charge in [-0.15, -0.1) is 0 Å². The van der Waals surface area contributed by atoms with Crippen LogP contribution in [-0.4, -0.2) is 72.8 Å². The van der Waals surface area contributed by atoms with Crippen LogP contribution in [0.15, 0.2) is 0 Å². The zero-order chi connectivity index (χ0) is 22.0. The van der Waals surface area contributed by atoms with E-state index < -0.39 is 72.8 Å². The summed E-state index contributed by atoms with van der Waals surface area (Å²) in [6.07, 6.45) is -14.8. The van der Waals surface area contributed by atoms with E-state index in [-0.39, 0.29) is 0 Å². The molecule has 0 aliphatic carbocycles. The van der Waals surface area contributed by atoms with E-state index in [4.69, 9.17) is 0 Å². The quantitative estimate of drug-likeness (QED) is 0.410. The molecule has 18 heteroatoms. The first-order valence-electron chi connectivity index (χ1n) is 5.46. The Morgan fingerprint density at radius 3 is 0.769 bits per heavy atom. The maximum absolute atomic E-state index is 13.0. The first kappa shape index (κ1) is 25.8. The molecule has 0 saturated heterocycles. The van der Waals surface area contributed by atoms with Crippen molar-refractivity contribution in [1.82, 2.24) is 0 Å². The molecule has 0 heterocycles. The molecule has 0 aromatic carbocycles. The van der Waals surface area contributed by atoms with E-state index in [0.29, 0.717) is 0 Å². The normalized spacial score (nSPS) is 18.7. The van der Waals surface area contributed by atoms with E-state index in [0.717, 1.165) is 0 Å². The summed E-state index contributed by atoms with van der Waals surface area (Å²) in [5.74, 6) is -41.1. The average Bonchev–Trinajstić information content (AvgIpc) is 2.34. The molecule has 0 amide bonds. The molecule has 0 aromatic heterocycles. The third kappa shape index (κ3) is 3.14. The van der Waals surface area contributed by atoms with Crippen molar-refractivity contribution in [2.24, 2.45) is 0 Å². The monoisotopic (exact) mass is 442 g/mol. The topological polar surface area (TPSA) is 0 Å². The van der Waals surface area contributed by atoms with Crippen LogP contribution in [-0.2, 0) is 0 Å². The maximum atomic E-state index is 13.0. The fraction of sp³-hybridized carbons (Fsp3) is 1.00. The van der Waals surface area contributed by atoms with Crippen molar-refractivity contribution in [2.75, 3.05) is 0 Å². The number of alkyl halides is 17. The summed E-state index contributed by atoms with van der Waals surface area (Å²) < 4.78 is 206. The van der Waals surface area contributed by atoms with Crippen LogP contribution in [0.4, 0.5) is 74.6 Å². The van der Waals surface area contributed by atoms with Gasteiger partial charge in [0.15, 0.2) is 0 Å². The summed E-state index contributed by atoms with van der Waals surface area (Å²) in [5.41, 5.74) is 0. The van der Waals surface area contributed by atoms with Crippen molar-refractivity contribution in [3.05, 3.63) is 0 Å². The third-order valence-electron chi connectivity index (χ3n) is 3.06. The molecule has 0 saturated carbocycles. The molecule has 0 fully saturated rings. The Bertz CT molecular complexity index is 474. The van der Waals surface area contributed by atoms with Gasteiger partial charge in [0.2, 0.25) is 0 Å². The summed E-state index contributed by atoms with van der Waals surface area (Å²) in [6, 6.07) is 0. The van der Waals surface area contributed by atoms with E-state index in [1.807, 2.05) is 0 Å². The van der Waals surface area contributed by atoms with E-state index in [1.165, 1.54) is 0 Å². The summed E-state index contributed by atoms with van der Waals surface area (Å²) in [4.78, 5) is 0. The molecule has 0 aliphatic heterocycles. The SMILES string of the molecule is FC(F)(F)C(F)(F)C(F)(F)C(F)(F)C(F)(F)C(F)(F)[C](F)([Na])C(F)(F)F. The van der Waals surface area contributed by atoms with E-state index in [2.05, 4.69) is 0 Å². The second-order valence-electron chi connectivity index (χ2n) is 4.87. The Balaban J connectivity index is 6.61. The fourth-order valence-electron chi connectivity index (χ4n) is 1.24. The average molecular weight is 442 g/mol. The molecule has 0 aliphatic rings. The number of hydrogen-bond acceptors (Lipinski definition) is 0. The van der Waals surface area contributed by atoms with Crippen molar-refractivity contribution < 1.29 is 74.6 Å². The van der Waals surface area contributed by atoms with Crippen LogP contribution in [0.5, 0.6) is 0 Å². The van der Waals surface area contributed by atoms with Gasteiger partial charge < -0.3 is 0 Å². The molecule has 0 radical (unpaired) electrons. The second kappa shape index (κ2) is 6.15. The molecular weight excluding hydrogens is 442 g/mol. The van der Waals surface area contributed by atoms with E-state index in [9.17, 15) is 74.6 Å². The van der Waals surface area contributed by atoms with Crippen molar-refractivity contribution >= 4 is 27.9 Å². The second-order valence-corrected chi connectivity index (χ2v) is 6.25. The number of halogens is 17. The molecular formula is C8F17Na. The Morgan fingerprint density at radius 1 is 0.308 bits per heavy atom. The molecule has 1 atom stereocenters. The molecule has 0 nitrogen and oxygen atoms in total. The predicted molar refractivity (Wildman–Crippen MR) is 46.4 cm³/mol. The summed E-state index contributed by atoms with van der Waals surface area (Å²) >= 11 is -2.81. The Hall–Kier alpha value is -0.190. The van der Waals surface area contributed by atoms with Crippen LogP contribution in [0, 0.1) is 0 Å². The summed E-state index contributed by atoms with van der Waals surface area (Å²) in [5, 5.41) is 0. The van der Waals surface area contributed by atoms with Crippen LogP contribution in [0.25, 0.3) is 0 Å². The van der Waals surface area contributed by atoms with Crippen LogP contribution < -0.4 is 0 Å². The number of rotatable bonds is 5. The van der Waals surface area contributed by atoms with Gasteiger partial charge in [-0.2, -0.15) is 0 Å². The van der Waals surface area contributed by atoms with Crippen LogP contribution in [0.1, 0.15) is 0 Å². The third-order valence-corrected chi connectivity index (χ3v) is 4.25. The van der Waals surface area contributed by atoms with Gasteiger partial charge in [-0.1, -0.05) is 0 Å². The zero-order valence-corrected chi connectivity index (χ0v) is 13.4. The first-order chi connectivity index (χ1) is 10.8. The minimum atomic E-state index is -8.46. The first-order valence-corrected chi connectivity index (χ1v) is 6.46. The Labute approximate surface area is 148 Å². The van der Waals surface area contributed by atoms with Gasteiger partial charge in [0, 0.05) is 0 Å². The van der Waals surface area contributed by atoms with Gasteiger partial charge in [0.1, 0.15) is 0 Å². The van der Waals surface area contributed by atoms with Gasteiger partial charge in [0.05, 0.1) is 0 Å². The van der Waals surface area contributed by atoms with Crippen LogP contribution >= 0.6 is 0 Å². The molecule has 0 bridgehead atoms. The standard InChI is InChI=1S/C8F17.Na/c9-1(3(12,13)14)2(10,11)4(15,16)5(17,18)6(19,20)7(21,22)8(23,24)25;. The van der Waals surface area contributed by atoms with Crippen molar-refractivity contribution in [2.45, 2.75) is 44.9 Å². The molecule has 0 aromatic rings. The van der Waals surface area contributed by atoms with Crippen molar-refractivity contribution in [1.29, 1.82) is 0 Å². The molecule has 1 unspecified atom stereocenters. The van der Waals surface area contributed by atoms with Gasteiger partial charge in [0.25, 0.3) is 0 Å². The van der Waals surface area contributed by atoms with Gasteiger partial charge in [-0.05, 0) is 0 Å². The zero-order valence-electron chi connectivity index (χ0n) is 11.4. The van der Waals surface area contributed by atoms with Gasteiger partial charge >= 0.3 is 147 Å². The Kier molecular flexibility index (Phi) is 6.11. The van der Waals surface area contributed by atoms with Gasteiger partial charge in [-0.25, -0.2) is 0 Å². The van der Waals surface area contributed by atoms with Crippen molar-refractivity contribution in [3.63, 3.8) is 0 Å². The molecule has 0 spiro atoms. The Morgan fingerprint density at radius 2 is 0.538 bits per heavy atom. The van der Waals surface area contributed by atoms with E-state index >= 15 is 0 Å². The minimum absolute atomic E-state index is 2.81. The summed E-state index contributed by atoms with van der Waals surface area (Å²) in [6.45, 7) is 0. The van der Waals surface area contributed by atoms with Crippen LogP contribution in [0.3, 0.4) is 0 Å². The molecule has 0 N–H and O–H groups in total. The number of hydrogen-bond donors (Lipinski definition) is 0.